The van der Waals surface area contributed by atoms with E-state index < -0.39 is 0 Å². The van der Waals surface area contributed by atoms with E-state index >= 15 is 0 Å². The van der Waals surface area contributed by atoms with Gasteiger partial charge in [-0.05, 0) is 12.1 Å². The van der Waals surface area contributed by atoms with E-state index in [0.717, 1.165) is 11.3 Å². The summed E-state index contributed by atoms with van der Waals surface area (Å²) in [5.41, 5.74) is 1.90. The van der Waals surface area contributed by atoms with E-state index in [9.17, 15) is 4.79 Å². The quantitative estimate of drug-likeness (QED) is 0.787. The van der Waals surface area contributed by atoms with Crippen LogP contribution in [0.1, 0.15) is 10.5 Å². The second-order valence-electron chi connectivity index (χ2n) is 4.01. The van der Waals surface area contributed by atoms with Crippen LogP contribution in [0.2, 0.25) is 0 Å². The van der Waals surface area contributed by atoms with Gasteiger partial charge in [-0.3, -0.25) is 4.79 Å². The molecule has 6 heteroatoms. The first-order valence-corrected chi connectivity index (χ1v) is 5.94. The lowest BCUT2D eigenvalue weighted by molar-refractivity contribution is 0.101. The first-order chi connectivity index (χ1) is 9.83. The highest BCUT2D eigenvalue weighted by Crippen LogP contribution is 2.16. The Morgan fingerprint density at radius 1 is 1.00 bits per heavy atom. The lowest BCUT2D eigenvalue weighted by atomic mass is 10.1. The van der Waals surface area contributed by atoms with Crippen LogP contribution in [-0.4, -0.2) is 21.3 Å². The van der Waals surface area contributed by atoms with Gasteiger partial charge in [0.15, 0.2) is 11.5 Å². The zero-order chi connectivity index (χ0) is 13.8. The van der Waals surface area contributed by atoms with Crippen molar-refractivity contribution in [2.45, 2.75) is 0 Å². The van der Waals surface area contributed by atoms with Crippen molar-refractivity contribution in [2.24, 2.45) is 0 Å². The number of benzene rings is 1. The average Bonchev–Trinajstić information content (AvgIpc) is 3.03. The zero-order valence-electron chi connectivity index (χ0n) is 10.4. The highest BCUT2D eigenvalue weighted by atomic mass is 16.5. The van der Waals surface area contributed by atoms with Gasteiger partial charge in [-0.1, -0.05) is 35.5 Å². The molecule has 3 aromatic rings. The van der Waals surface area contributed by atoms with Crippen molar-refractivity contribution < 1.29 is 9.32 Å². The van der Waals surface area contributed by atoms with E-state index in [1.807, 2.05) is 30.3 Å². The van der Waals surface area contributed by atoms with Crippen LogP contribution in [-0.2, 0) is 0 Å². The van der Waals surface area contributed by atoms with Crippen molar-refractivity contribution in [3.05, 3.63) is 60.5 Å². The summed E-state index contributed by atoms with van der Waals surface area (Å²) >= 11 is 0. The maximum absolute atomic E-state index is 11.7. The van der Waals surface area contributed by atoms with E-state index in [2.05, 4.69) is 25.2 Å². The minimum Gasteiger partial charge on any atom is -0.364 e. The van der Waals surface area contributed by atoms with Crippen molar-refractivity contribution in [3.8, 4) is 11.3 Å². The summed E-state index contributed by atoms with van der Waals surface area (Å²) in [5, 5.41) is 14.2. The number of hydrogen-bond donors (Lipinski definition) is 1. The van der Waals surface area contributed by atoms with Crippen LogP contribution in [0.4, 0.5) is 5.82 Å². The third-order valence-electron chi connectivity index (χ3n) is 2.65. The van der Waals surface area contributed by atoms with Crippen molar-refractivity contribution >= 4 is 11.7 Å². The molecule has 1 N–H and O–H groups in total. The molecule has 0 aliphatic heterocycles. The Balaban J connectivity index is 1.75. The Labute approximate surface area is 114 Å². The summed E-state index contributed by atoms with van der Waals surface area (Å²) in [7, 11) is 0. The van der Waals surface area contributed by atoms with Crippen molar-refractivity contribution in [2.75, 3.05) is 5.32 Å². The lowest BCUT2D eigenvalue weighted by Gasteiger charge is -2.03. The van der Waals surface area contributed by atoms with Gasteiger partial charge in [-0.15, -0.1) is 10.2 Å². The van der Waals surface area contributed by atoms with Crippen molar-refractivity contribution in [3.63, 3.8) is 0 Å². The molecule has 0 aliphatic carbocycles. The monoisotopic (exact) mass is 266 g/mol. The van der Waals surface area contributed by atoms with E-state index in [1.54, 1.807) is 12.1 Å². The topological polar surface area (TPSA) is 80.9 Å². The number of hydrogen-bond acceptors (Lipinski definition) is 5. The van der Waals surface area contributed by atoms with Gasteiger partial charge in [0.05, 0.1) is 5.69 Å². The summed E-state index contributed by atoms with van der Waals surface area (Å²) in [4.78, 5) is 11.7. The number of nitrogens with zero attached hydrogens (tertiary/aromatic N) is 3. The van der Waals surface area contributed by atoms with Gasteiger partial charge in [0.1, 0.15) is 6.26 Å². The first-order valence-electron chi connectivity index (χ1n) is 5.94. The molecular weight excluding hydrogens is 256 g/mol. The highest BCUT2D eigenvalue weighted by molar-refractivity contribution is 6.02. The van der Waals surface area contributed by atoms with E-state index in [4.69, 9.17) is 0 Å². The third kappa shape index (κ3) is 2.54. The molecule has 0 saturated carbocycles. The number of anilines is 1. The Hall–Kier alpha value is -3.02. The predicted octanol–water partition coefficient (Wildman–Crippen LogP) is 2.38. The molecule has 0 radical (unpaired) electrons. The average molecular weight is 266 g/mol. The van der Waals surface area contributed by atoms with Crippen LogP contribution in [0.5, 0.6) is 0 Å². The summed E-state index contributed by atoms with van der Waals surface area (Å²) in [6, 6.07) is 14.6. The molecule has 0 spiro atoms. The Morgan fingerprint density at radius 3 is 2.50 bits per heavy atom. The Morgan fingerprint density at radius 2 is 1.85 bits per heavy atom. The van der Waals surface area contributed by atoms with Gasteiger partial charge in [0, 0.05) is 11.6 Å². The molecule has 3 rings (SSSR count). The minimum atomic E-state index is -0.388. The fraction of sp³-hybridized carbons (Fsp3) is 0. The second kappa shape index (κ2) is 5.31. The van der Waals surface area contributed by atoms with Crippen LogP contribution < -0.4 is 5.32 Å². The maximum atomic E-state index is 11.7. The van der Waals surface area contributed by atoms with Gasteiger partial charge < -0.3 is 9.84 Å². The molecule has 2 heterocycles. The van der Waals surface area contributed by atoms with E-state index in [1.165, 1.54) is 12.3 Å². The third-order valence-corrected chi connectivity index (χ3v) is 2.65. The first kappa shape index (κ1) is 12.0. The Kier molecular flexibility index (Phi) is 3.20. The van der Waals surface area contributed by atoms with Gasteiger partial charge in [0.2, 0.25) is 0 Å². The fourth-order valence-corrected chi connectivity index (χ4v) is 1.67. The molecule has 0 atom stereocenters. The highest BCUT2D eigenvalue weighted by Gasteiger charge is 2.10. The van der Waals surface area contributed by atoms with Crippen LogP contribution in [0.3, 0.4) is 0 Å². The maximum Gasteiger partial charge on any atom is 0.279 e. The summed E-state index contributed by atoms with van der Waals surface area (Å²) in [6.07, 6.45) is 1.33. The molecule has 20 heavy (non-hydrogen) atoms. The molecule has 1 aromatic carbocycles. The minimum absolute atomic E-state index is 0.193. The molecular formula is C14H10N4O2. The molecule has 2 aromatic heterocycles. The molecule has 98 valence electrons. The van der Waals surface area contributed by atoms with Gasteiger partial charge >= 0.3 is 0 Å². The van der Waals surface area contributed by atoms with Gasteiger partial charge in [-0.25, -0.2) is 0 Å². The van der Waals surface area contributed by atoms with E-state index in [0.29, 0.717) is 5.82 Å². The SMILES string of the molecule is O=C(Nc1ccc(-c2ccccc2)nn1)c1ccon1. The van der Waals surface area contributed by atoms with Gasteiger partial charge in [-0.2, -0.15) is 0 Å². The Bertz CT molecular complexity index is 694. The standard InChI is InChI=1S/C14H10N4O2/c19-14(12-8-9-20-18-12)15-13-7-6-11(16-17-13)10-4-2-1-3-5-10/h1-9H,(H,15,17,19). The molecule has 6 nitrogen and oxygen atoms in total. The van der Waals surface area contributed by atoms with Crippen LogP contribution in [0.25, 0.3) is 11.3 Å². The number of aromatic nitrogens is 3. The number of amides is 1. The molecule has 0 bridgehead atoms. The lowest BCUT2D eigenvalue weighted by Crippen LogP contribution is -2.13. The number of carbonyl (C=O) groups excluding carboxylic acids is 1. The molecule has 0 unspecified atom stereocenters. The molecule has 1 amide bonds. The number of rotatable bonds is 3. The molecule has 0 saturated heterocycles. The molecule has 0 fully saturated rings. The van der Waals surface area contributed by atoms with Crippen molar-refractivity contribution in [1.82, 2.24) is 15.4 Å². The predicted molar refractivity (Wildman–Crippen MR) is 71.9 cm³/mol. The van der Waals surface area contributed by atoms with Crippen molar-refractivity contribution in [1.29, 1.82) is 0 Å². The van der Waals surface area contributed by atoms with E-state index in [-0.39, 0.29) is 11.6 Å². The van der Waals surface area contributed by atoms with Crippen LogP contribution in [0, 0.1) is 0 Å². The number of carbonyl (C=O) groups is 1. The zero-order valence-corrected chi connectivity index (χ0v) is 10.4. The summed E-state index contributed by atoms with van der Waals surface area (Å²) < 4.78 is 4.60. The number of nitrogens with one attached hydrogen (secondary N) is 1. The smallest absolute Gasteiger partial charge is 0.279 e. The molecule has 0 aliphatic rings. The second-order valence-corrected chi connectivity index (χ2v) is 4.01. The van der Waals surface area contributed by atoms with Gasteiger partial charge in [0.25, 0.3) is 5.91 Å². The largest absolute Gasteiger partial charge is 0.364 e. The normalized spacial score (nSPS) is 10.2. The summed E-state index contributed by atoms with van der Waals surface area (Å²) in [5.74, 6) is -0.0295. The van der Waals surface area contributed by atoms with Crippen LogP contribution in [0.15, 0.2) is 59.3 Å². The van der Waals surface area contributed by atoms with Crippen LogP contribution >= 0.6 is 0 Å². The summed E-state index contributed by atoms with van der Waals surface area (Å²) in [6.45, 7) is 0. The fourth-order valence-electron chi connectivity index (χ4n) is 1.67.